The highest BCUT2D eigenvalue weighted by Crippen LogP contribution is 2.30. The number of nitrogen functional groups attached to an aromatic ring is 1. The highest BCUT2D eigenvalue weighted by atomic mass is 19.4. The molecule has 0 bridgehead atoms. The molecule has 0 spiro atoms. The Morgan fingerprint density at radius 1 is 1.11 bits per heavy atom. The van der Waals surface area contributed by atoms with Gasteiger partial charge in [-0.2, -0.15) is 13.2 Å². The average Bonchev–Trinajstić information content (AvgIpc) is 2.37. The fourth-order valence-corrected chi connectivity index (χ4v) is 1.44. The van der Waals surface area contributed by atoms with Crippen molar-refractivity contribution in [1.82, 2.24) is 4.98 Å². The van der Waals surface area contributed by atoms with Crippen LogP contribution in [0.4, 0.5) is 18.9 Å². The van der Waals surface area contributed by atoms with Crippen molar-refractivity contribution >= 4 is 5.69 Å². The van der Waals surface area contributed by atoms with Crippen molar-refractivity contribution in [2.24, 2.45) is 0 Å². The third kappa shape index (κ3) is 3.61. The van der Waals surface area contributed by atoms with E-state index in [0.717, 1.165) is 23.9 Å². The van der Waals surface area contributed by atoms with Gasteiger partial charge in [0.2, 0.25) is 5.88 Å². The number of benzene rings is 1. The molecule has 2 N–H and O–H groups in total. The Morgan fingerprint density at radius 2 is 1.79 bits per heavy atom. The lowest BCUT2D eigenvalue weighted by Crippen LogP contribution is -2.06. The highest BCUT2D eigenvalue weighted by Gasteiger charge is 2.30. The highest BCUT2D eigenvalue weighted by molar-refractivity contribution is 5.39. The van der Waals surface area contributed by atoms with E-state index in [1.807, 2.05) is 0 Å². The number of ether oxygens (including phenoxy) is 1. The fraction of sp³-hybridized carbons (Fsp3) is 0.154. The van der Waals surface area contributed by atoms with Gasteiger partial charge in [0.15, 0.2) is 0 Å². The van der Waals surface area contributed by atoms with Crippen molar-refractivity contribution in [2.45, 2.75) is 12.8 Å². The average molecular weight is 268 g/mol. The second-order valence-corrected chi connectivity index (χ2v) is 3.91. The summed E-state index contributed by atoms with van der Waals surface area (Å²) in [6.07, 6.45) is -3.33. The van der Waals surface area contributed by atoms with Gasteiger partial charge in [0, 0.05) is 18.0 Å². The summed E-state index contributed by atoms with van der Waals surface area (Å²) in [5.74, 6) is -0.0633. The molecule has 0 unspecified atom stereocenters. The molecule has 0 atom stereocenters. The lowest BCUT2D eigenvalue weighted by molar-refractivity contribution is -0.137. The van der Waals surface area contributed by atoms with Gasteiger partial charge in [0.1, 0.15) is 6.61 Å². The quantitative estimate of drug-likeness (QED) is 0.869. The monoisotopic (exact) mass is 268 g/mol. The molecule has 0 radical (unpaired) electrons. The van der Waals surface area contributed by atoms with Crippen LogP contribution < -0.4 is 10.5 Å². The predicted molar refractivity (Wildman–Crippen MR) is 64.4 cm³/mol. The molecule has 0 amide bonds. The fourth-order valence-electron chi connectivity index (χ4n) is 1.44. The largest absolute Gasteiger partial charge is 0.473 e. The molecule has 0 aliphatic carbocycles. The number of alkyl halides is 3. The first kappa shape index (κ1) is 13.2. The molecular weight excluding hydrogens is 257 g/mol. The molecule has 1 aromatic carbocycles. The molecule has 1 aromatic heterocycles. The van der Waals surface area contributed by atoms with Gasteiger partial charge in [-0.1, -0.05) is 12.1 Å². The number of pyridine rings is 1. The summed E-state index contributed by atoms with van der Waals surface area (Å²) in [6, 6.07) is 8.63. The lowest BCUT2D eigenvalue weighted by atomic mass is 10.2. The summed E-state index contributed by atoms with van der Waals surface area (Å²) in [5, 5.41) is 0. The summed E-state index contributed by atoms with van der Waals surface area (Å²) in [4.78, 5) is 3.74. The van der Waals surface area contributed by atoms with E-state index in [0.29, 0.717) is 5.69 Å². The smallest absolute Gasteiger partial charge is 0.416 e. The van der Waals surface area contributed by atoms with Crippen LogP contribution in [-0.2, 0) is 12.8 Å². The van der Waals surface area contributed by atoms with Crippen molar-refractivity contribution in [3.8, 4) is 5.88 Å². The topological polar surface area (TPSA) is 48.1 Å². The number of rotatable bonds is 3. The van der Waals surface area contributed by atoms with Gasteiger partial charge in [-0.3, -0.25) is 0 Å². The Morgan fingerprint density at radius 3 is 2.42 bits per heavy atom. The minimum Gasteiger partial charge on any atom is -0.473 e. The van der Waals surface area contributed by atoms with Gasteiger partial charge in [0.05, 0.1) is 5.56 Å². The molecule has 2 rings (SSSR count). The summed E-state index contributed by atoms with van der Waals surface area (Å²) < 4.78 is 42.7. The van der Waals surface area contributed by atoms with E-state index >= 15 is 0 Å². The first-order valence-electron chi connectivity index (χ1n) is 5.45. The zero-order chi connectivity index (χ0) is 13.9. The van der Waals surface area contributed by atoms with Crippen LogP contribution >= 0.6 is 0 Å². The molecule has 3 nitrogen and oxygen atoms in total. The summed E-state index contributed by atoms with van der Waals surface area (Å²) >= 11 is 0. The number of hydrogen-bond donors (Lipinski definition) is 1. The maximum absolute atomic E-state index is 12.5. The summed E-state index contributed by atoms with van der Waals surface area (Å²) in [7, 11) is 0. The van der Waals surface area contributed by atoms with Crippen molar-refractivity contribution in [3.63, 3.8) is 0 Å². The van der Waals surface area contributed by atoms with E-state index in [9.17, 15) is 13.2 Å². The number of anilines is 1. The van der Waals surface area contributed by atoms with Gasteiger partial charge in [-0.25, -0.2) is 4.98 Å². The third-order valence-corrected chi connectivity index (χ3v) is 2.43. The summed E-state index contributed by atoms with van der Waals surface area (Å²) in [5.41, 5.74) is 6.15. The number of aromatic nitrogens is 1. The van der Waals surface area contributed by atoms with Gasteiger partial charge in [-0.15, -0.1) is 0 Å². The predicted octanol–water partition coefficient (Wildman–Crippen LogP) is 3.26. The molecule has 100 valence electrons. The number of nitrogens with zero attached hydrogens (tertiary/aromatic N) is 1. The van der Waals surface area contributed by atoms with Crippen molar-refractivity contribution in [1.29, 1.82) is 0 Å². The van der Waals surface area contributed by atoms with Crippen molar-refractivity contribution < 1.29 is 17.9 Å². The maximum atomic E-state index is 12.5. The van der Waals surface area contributed by atoms with Crippen molar-refractivity contribution in [2.75, 3.05) is 5.73 Å². The molecule has 19 heavy (non-hydrogen) atoms. The normalized spacial score (nSPS) is 11.3. The minimum atomic E-state index is -4.40. The molecule has 0 saturated carbocycles. The van der Waals surface area contributed by atoms with Crippen LogP contribution in [0.2, 0.25) is 0 Å². The van der Waals surface area contributed by atoms with E-state index < -0.39 is 11.7 Å². The first-order chi connectivity index (χ1) is 8.95. The van der Waals surface area contributed by atoms with E-state index in [2.05, 4.69) is 4.98 Å². The molecular formula is C13H11F3N2O. The van der Waals surface area contributed by atoms with Gasteiger partial charge in [-0.05, 0) is 23.8 Å². The van der Waals surface area contributed by atoms with Crippen LogP contribution in [0.1, 0.15) is 11.1 Å². The zero-order valence-corrected chi connectivity index (χ0v) is 9.82. The number of nitrogens with two attached hydrogens (primary N) is 1. The van der Waals surface area contributed by atoms with Crippen LogP contribution in [0.5, 0.6) is 5.88 Å². The Labute approximate surface area is 107 Å². The molecule has 0 aliphatic heterocycles. The Bertz CT molecular complexity index is 553. The molecule has 2 aromatic rings. The van der Waals surface area contributed by atoms with Crippen molar-refractivity contribution in [3.05, 3.63) is 53.7 Å². The summed E-state index contributed by atoms with van der Waals surface area (Å²) in [6.45, 7) is 0.134. The maximum Gasteiger partial charge on any atom is 0.416 e. The molecule has 1 heterocycles. The molecule has 6 heteroatoms. The van der Waals surface area contributed by atoms with E-state index in [1.54, 1.807) is 24.3 Å². The molecule has 0 saturated heterocycles. The second-order valence-electron chi connectivity index (χ2n) is 3.91. The molecule has 0 aliphatic rings. The number of hydrogen-bond acceptors (Lipinski definition) is 3. The SMILES string of the molecule is Nc1ccc(COc2cc(C(F)(F)F)ccn2)cc1. The lowest BCUT2D eigenvalue weighted by Gasteiger charge is -2.09. The Hall–Kier alpha value is -2.24. The van der Waals surface area contributed by atoms with Gasteiger partial charge in [0.25, 0.3) is 0 Å². The molecule has 0 fully saturated rings. The van der Waals surface area contributed by atoms with E-state index in [1.165, 1.54) is 0 Å². The zero-order valence-electron chi connectivity index (χ0n) is 9.82. The van der Waals surface area contributed by atoms with Gasteiger partial charge >= 0.3 is 6.18 Å². The van der Waals surface area contributed by atoms with Crippen LogP contribution in [0, 0.1) is 0 Å². The second kappa shape index (κ2) is 5.17. The minimum absolute atomic E-state index is 0.0633. The van der Waals surface area contributed by atoms with E-state index in [4.69, 9.17) is 10.5 Å². The van der Waals surface area contributed by atoms with Crippen LogP contribution in [0.15, 0.2) is 42.6 Å². The van der Waals surface area contributed by atoms with Crippen LogP contribution in [0.3, 0.4) is 0 Å². The Kier molecular flexibility index (Phi) is 3.59. The Balaban J connectivity index is 2.05. The first-order valence-corrected chi connectivity index (χ1v) is 5.45. The number of halogens is 3. The van der Waals surface area contributed by atoms with Crippen LogP contribution in [0.25, 0.3) is 0 Å². The van der Waals surface area contributed by atoms with Gasteiger partial charge < -0.3 is 10.5 Å². The third-order valence-electron chi connectivity index (χ3n) is 2.43. The standard InChI is InChI=1S/C13H11F3N2O/c14-13(15,16)10-5-6-18-12(7-10)19-8-9-1-3-11(17)4-2-9/h1-7H,8,17H2. The van der Waals surface area contributed by atoms with Crippen LogP contribution in [-0.4, -0.2) is 4.98 Å². The van der Waals surface area contributed by atoms with E-state index in [-0.39, 0.29) is 12.5 Å².